The van der Waals surface area contributed by atoms with Crippen molar-refractivity contribution >= 4 is 28.5 Å². The summed E-state index contributed by atoms with van der Waals surface area (Å²) in [7, 11) is 0. The Morgan fingerprint density at radius 1 is 1.25 bits per heavy atom. The van der Waals surface area contributed by atoms with E-state index in [2.05, 4.69) is 0 Å². The molecule has 1 heterocycles. The van der Waals surface area contributed by atoms with Gasteiger partial charge < -0.3 is 11.5 Å². The van der Waals surface area contributed by atoms with Crippen LogP contribution in [0.2, 0.25) is 0 Å². The average Bonchev–Trinajstić information content (AvgIpc) is 2.79. The van der Waals surface area contributed by atoms with Crippen molar-refractivity contribution in [2.75, 3.05) is 11.5 Å². The van der Waals surface area contributed by atoms with Crippen molar-refractivity contribution < 1.29 is 4.79 Å². The predicted octanol–water partition coefficient (Wildman–Crippen LogP) is 2.45. The van der Waals surface area contributed by atoms with E-state index >= 15 is 0 Å². The van der Waals surface area contributed by atoms with Crippen LogP contribution in [0.25, 0.3) is 0 Å². The highest BCUT2D eigenvalue weighted by Crippen LogP contribution is 2.25. The maximum absolute atomic E-state index is 12.1. The summed E-state index contributed by atoms with van der Waals surface area (Å²) in [6.07, 6.45) is 0. The number of hydrogen-bond acceptors (Lipinski definition) is 4. The molecule has 2 rings (SSSR count). The number of thiophene rings is 1. The third-order valence-electron chi connectivity index (χ3n) is 2.54. The van der Waals surface area contributed by atoms with Gasteiger partial charge in [-0.25, -0.2) is 0 Å². The van der Waals surface area contributed by atoms with E-state index in [1.165, 1.54) is 11.3 Å². The van der Waals surface area contributed by atoms with Crippen molar-refractivity contribution in [1.29, 1.82) is 0 Å². The first-order valence-electron chi connectivity index (χ1n) is 4.84. The molecule has 0 aliphatic heterocycles. The van der Waals surface area contributed by atoms with Crippen LogP contribution in [0.15, 0.2) is 29.6 Å². The molecule has 4 heteroatoms. The van der Waals surface area contributed by atoms with Crippen molar-refractivity contribution in [3.63, 3.8) is 0 Å². The molecular formula is C12H12N2OS. The third kappa shape index (κ3) is 1.67. The fourth-order valence-electron chi connectivity index (χ4n) is 1.54. The van der Waals surface area contributed by atoms with E-state index < -0.39 is 0 Å². The van der Waals surface area contributed by atoms with Crippen LogP contribution in [0.4, 0.5) is 11.4 Å². The number of nitrogen functional groups attached to an aromatic ring is 2. The molecule has 0 atom stereocenters. The Morgan fingerprint density at radius 2 is 2.00 bits per heavy atom. The monoisotopic (exact) mass is 232 g/mol. The van der Waals surface area contributed by atoms with Crippen molar-refractivity contribution in [3.8, 4) is 0 Å². The highest BCUT2D eigenvalue weighted by Gasteiger charge is 2.14. The molecule has 2 aromatic rings. The largest absolute Gasteiger partial charge is 0.397 e. The van der Waals surface area contributed by atoms with E-state index in [0.717, 1.165) is 5.56 Å². The van der Waals surface area contributed by atoms with Gasteiger partial charge in [-0.3, -0.25) is 4.79 Å². The number of carbonyl (C=O) groups excluding carboxylic acids is 1. The normalized spacial score (nSPS) is 10.3. The number of ketones is 1. The van der Waals surface area contributed by atoms with Crippen LogP contribution in [0, 0.1) is 6.92 Å². The minimum absolute atomic E-state index is 0.000741. The number of rotatable bonds is 2. The smallest absolute Gasteiger partial charge is 0.203 e. The van der Waals surface area contributed by atoms with Crippen molar-refractivity contribution in [2.24, 2.45) is 0 Å². The fraction of sp³-hybridized carbons (Fsp3) is 0.0833. The molecule has 82 valence electrons. The van der Waals surface area contributed by atoms with Crippen LogP contribution < -0.4 is 11.5 Å². The first kappa shape index (κ1) is 10.7. The zero-order valence-corrected chi connectivity index (χ0v) is 9.67. The highest BCUT2D eigenvalue weighted by atomic mass is 32.1. The van der Waals surface area contributed by atoms with Gasteiger partial charge in [-0.1, -0.05) is 6.07 Å². The van der Waals surface area contributed by atoms with Crippen LogP contribution >= 0.6 is 11.3 Å². The van der Waals surface area contributed by atoms with Gasteiger partial charge in [0.1, 0.15) is 0 Å². The first-order valence-corrected chi connectivity index (χ1v) is 5.72. The molecule has 0 aliphatic rings. The molecule has 1 aromatic heterocycles. The molecule has 0 saturated heterocycles. The lowest BCUT2D eigenvalue weighted by atomic mass is 10.0. The van der Waals surface area contributed by atoms with Gasteiger partial charge in [-0.05, 0) is 36.1 Å². The molecule has 0 radical (unpaired) electrons. The summed E-state index contributed by atoms with van der Waals surface area (Å²) in [6, 6.07) is 7.05. The second-order valence-corrected chi connectivity index (χ2v) is 4.50. The second-order valence-electron chi connectivity index (χ2n) is 3.55. The summed E-state index contributed by atoms with van der Waals surface area (Å²) in [5.41, 5.74) is 13.8. The van der Waals surface area contributed by atoms with Crippen LogP contribution in [-0.4, -0.2) is 5.78 Å². The lowest BCUT2D eigenvalue weighted by Crippen LogP contribution is -2.06. The summed E-state index contributed by atoms with van der Waals surface area (Å²) >= 11 is 1.42. The average molecular weight is 232 g/mol. The first-order chi connectivity index (χ1) is 7.61. The molecule has 16 heavy (non-hydrogen) atoms. The van der Waals surface area contributed by atoms with E-state index in [-0.39, 0.29) is 5.78 Å². The molecule has 0 unspecified atom stereocenters. The Hall–Kier alpha value is -1.81. The Bertz CT molecular complexity index is 532. The van der Waals surface area contributed by atoms with Gasteiger partial charge in [0.25, 0.3) is 0 Å². The van der Waals surface area contributed by atoms with Crippen LogP contribution in [0.1, 0.15) is 20.8 Å². The van der Waals surface area contributed by atoms with Gasteiger partial charge in [0.05, 0.1) is 16.3 Å². The summed E-state index contributed by atoms with van der Waals surface area (Å²) in [4.78, 5) is 12.8. The van der Waals surface area contributed by atoms with E-state index in [1.54, 1.807) is 18.2 Å². The van der Waals surface area contributed by atoms with Crippen LogP contribution in [0.3, 0.4) is 0 Å². The Kier molecular flexibility index (Phi) is 2.66. The minimum atomic E-state index is -0.000741. The lowest BCUT2D eigenvalue weighted by Gasteiger charge is -2.08. The summed E-state index contributed by atoms with van der Waals surface area (Å²) in [5, 5.41) is 1.88. The summed E-state index contributed by atoms with van der Waals surface area (Å²) in [5.74, 6) is -0.000741. The molecule has 4 N–H and O–H groups in total. The predicted molar refractivity (Wildman–Crippen MR) is 67.8 cm³/mol. The van der Waals surface area contributed by atoms with Gasteiger partial charge in [0, 0.05) is 5.56 Å². The van der Waals surface area contributed by atoms with E-state index in [1.807, 2.05) is 18.4 Å². The molecule has 1 aromatic carbocycles. The molecule has 0 fully saturated rings. The van der Waals surface area contributed by atoms with Crippen LogP contribution in [-0.2, 0) is 0 Å². The molecule has 0 saturated carbocycles. The molecule has 0 amide bonds. The topological polar surface area (TPSA) is 69.1 Å². The minimum Gasteiger partial charge on any atom is -0.397 e. The number of anilines is 2. The summed E-state index contributed by atoms with van der Waals surface area (Å²) < 4.78 is 0. The van der Waals surface area contributed by atoms with Crippen molar-refractivity contribution in [3.05, 3.63) is 45.6 Å². The zero-order chi connectivity index (χ0) is 11.7. The third-order valence-corrected chi connectivity index (χ3v) is 3.41. The van der Waals surface area contributed by atoms with Gasteiger partial charge in [-0.2, -0.15) is 0 Å². The SMILES string of the molecule is Cc1c(C(=O)c2cccs2)ccc(N)c1N. The molecule has 0 spiro atoms. The molecule has 0 aliphatic carbocycles. The molecule has 3 nitrogen and oxygen atoms in total. The maximum Gasteiger partial charge on any atom is 0.203 e. The van der Waals surface area contributed by atoms with Crippen LogP contribution in [0.5, 0.6) is 0 Å². The standard InChI is InChI=1S/C12H12N2OS/c1-7-8(4-5-9(13)11(7)14)12(15)10-3-2-6-16-10/h2-6H,13-14H2,1H3. The van der Waals surface area contributed by atoms with E-state index in [0.29, 0.717) is 21.8 Å². The number of hydrogen-bond donors (Lipinski definition) is 2. The highest BCUT2D eigenvalue weighted by molar-refractivity contribution is 7.12. The number of nitrogens with two attached hydrogens (primary N) is 2. The number of benzene rings is 1. The Balaban J connectivity index is 2.50. The van der Waals surface area contributed by atoms with Gasteiger partial charge in [0.2, 0.25) is 5.78 Å². The summed E-state index contributed by atoms with van der Waals surface area (Å²) in [6.45, 7) is 1.81. The van der Waals surface area contributed by atoms with E-state index in [9.17, 15) is 4.79 Å². The maximum atomic E-state index is 12.1. The Labute approximate surface area is 97.7 Å². The Morgan fingerprint density at radius 3 is 2.62 bits per heavy atom. The lowest BCUT2D eigenvalue weighted by molar-refractivity contribution is 0.104. The number of carbonyl (C=O) groups is 1. The quantitative estimate of drug-likeness (QED) is 0.617. The van der Waals surface area contributed by atoms with Crippen molar-refractivity contribution in [1.82, 2.24) is 0 Å². The van der Waals surface area contributed by atoms with Gasteiger partial charge in [-0.15, -0.1) is 11.3 Å². The van der Waals surface area contributed by atoms with Gasteiger partial charge >= 0.3 is 0 Å². The molecule has 0 bridgehead atoms. The molecular weight excluding hydrogens is 220 g/mol. The van der Waals surface area contributed by atoms with E-state index in [4.69, 9.17) is 11.5 Å². The fourth-order valence-corrected chi connectivity index (χ4v) is 2.21. The van der Waals surface area contributed by atoms with Gasteiger partial charge in [0.15, 0.2) is 0 Å². The second kappa shape index (κ2) is 3.98. The zero-order valence-electron chi connectivity index (χ0n) is 8.86. The van der Waals surface area contributed by atoms with Crippen molar-refractivity contribution in [2.45, 2.75) is 6.92 Å².